The van der Waals surface area contributed by atoms with Gasteiger partial charge in [-0.05, 0) is 36.1 Å². The number of fused-ring (bicyclic) bond motifs is 2. The molecule has 2 unspecified atom stereocenters. The Bertz CT molecular complexity index is 1020. The van der Waals surface area contributed by atoms with Crippen molar-refractivity contribution in [2.75, 3.05) is 12.8 Å². The summed E-state index contributed by atoms with van der Waals surface area (Å²) in [7, 11) is 0. The summed E-state index contributed by atoms with van der Waals surface area (Å²) in [5.74, 6) is 0.0387. The molecule has 1 aromatic carbocycles. The van der Waals surface area contributed by atoms with Crippen molar-refractivity contribution < 1.29 is 9.35 Å². The first-order chi connectivity index (χ1) is 13.0. The highest BCUT2D eigenvalue weighted by atomic mass is 35.5. The third-order valence-corrected chi connectivity index (χ3v) is 6.43. The normalized spacial score (nSPS) is 17.8. The van der Waals surface area contributed by atoms with Crippen molar-refractivity contribution in [3.8, 4) is 0 Å². The van der Waals surface area contributed by atoms with Crippen molar-refractivity contribution in [1.29, 1.82) is 0 Å². The van der Waals surface area contributed by atoms with Gasteiger partial charge in [0.25, 0.3) is 0 Å². The van der Waals surface area contributed by atoms with Gasteiger partial charge < -0.3 is 9.45 Å². The minimum absolute atomic E-state index is 0.0336. The highest BCUT2D eigenvalue weighted by molar-refractivity contribution is 7.89. The first-order valence-electron chi connectivity index (χ1n) is 8.83. The second-order valence-corrected chi connectivity index (χ2v) is 8.42. The number of amides is 1. The summed E-state index contributed by atoms with van der Waals surface area (Å²) >= 11 is 5.16. The summed E-state index contributed by atoms with van der Waals surface area (Å²) in [5, 5.41) is 1.23. The van der Waals surface area contributed by atoms with E-state index in [-0.39, 0.29) is 18.4 Å². The van der Waals surface area contributed by atoms with Gasteiger partial charge in [0.15, 0.2) is 5.65 Å². The maximum atomic E-state index is 13.1. The summed E-state index contributed by atoms with van der Waals surface area (Å²) < 4.78 is 13.5. The maximum absolute atomic E-state index is 13.1. The lowest BCUT2D eigenvalue weighted by Gasteiger charge is -2.35. The van der Waals surface area contributed by atoms with Crippen LogP contribution in [0, 0.1) is 0 Å². The molecule has 0 N–H and O–H groups in total. The zero-order valence-corrected chi connectivity index (χ0v) is 16.8. The van der Waals surface area contributed by atoms with Gasteiger partial charge in [-0.3, -0.25) is 4.79 Å². The van der Waals surface area contributed by atoms with E-state index in [0.29, 0.717) is 17.2 Å². The first kappa shape index (κ1) is 18.3. The fourth-order valence-corrected chi connectivity index (χ4v) is 4.68. The van der Waals surface area contributed by atoms with Gasteiger partial charge >= 0.3 is 0 Å². The topological polar surface area (TPSA) is 61.2 Å². The third-order valence-electron chi connectivity index (χ3n) is 5.26. The Hall–Kier alpha value is -2.02. The quantitative estimate of drug-likeness (QED) is 0.631. The van der Waals surface area contributed by atoms with E-state index in [1.807, 2.05) is 23.1 Å². The Labute approximate surface area is 166 Å². The number of hydrogen-bond donors (Lipinski definition) is 0. The zero-order chi connectivity index (χ0) is 19.1. The van der Waals surface area contributed by atoms with Crippen LogP contribution in [0.3, 0.4) is 0 Å². The summed E-state index contributed by atoms with van der Waals surface area (Å²) in [6, 6.07) is 10.1. The van der Waals surface area contributed by atoms with E-state index in [9.17, 15) is 9.35 Å². The van der Waals surface area contributed by atoms with Crippen molar-refractivity contribution >= 4 is 39.9 Å². The van der Waals surface area contributed by atoms with E-state index in [2.05, 4.69) is 24.0 Å². The molecule has 3 aromatic rings. The number of halogens is 1. The van der Waals surface area contributed by atoms with E-state index in [0.717, 1.165) is 17.4 Å². The predicted molar refractivity (Wildman–Crippen MR) is 108 cm³/mol. The largest absolute Gasteiger partial charge is 0.593 e. The van der Waals surface area contributed by atoms with Crippen molar-refractivity contribution in [3.05, 3.63) is 64.4 Å². The van der Waals surface area contributed by atoms with Crippen LogP contribution in [0.2, 0.25) is 5.02 Å². The number of aromatic nitrogens is 2. The third kappa shape index (κ3) is 3.22. The van der Waals surface area contributed by atoms with Crippen LogP contribution in [0.15, 0.2) is 42.7 Å². The lowest BCUT2D eigenvalue weighted by Crippen LogP contribution is -2.39. The Morgan fingerprint density at radius 1 is 1.37 bits per heavy atom. The minimum atomic E-state index is -1.22. The van der Waals surface area contributed by atoms with Crippen molar-refractivity contribution in [1.82, 2.24) is 13.9 Å². The zero-order valence-electron chi connectivity index (χ0n) is 15.2. The van der Waals surface area contributed by atoms with E-state index >= 15 is 0 Å². The Kier molecular flexibility index (Phi) is 4.88. The highest BCUT2D eigenvalue weighted by Gasteiger charge is 2.28. The molecule has 0 fully saturated rings. The van der Waals surface area contributed by atoms with Crippen LogP contribution in [0.25, 0.3) is 11.0 Å². The van der Waals surface area contributed by atoms with E-state index in [1.165, 1.54) is 17.3 Å². The number of carbonyl (C=O) groups is 1. The monoisotopic (exact) mass is 401 g/mol. The predicted octanol–water partition coefficient (Wildman–Crippen LogP) is 3.52. The lowest BCUT2D eigenvalue weighted by molar-refractivity contribution is -0.133. The lowest BCUT2D eigenvalue weighted by atomic mass is 9.93. The SMILES string of the molecule is CC1c2ccccc2CCN1C(=O)Cc1c(Cl)cnc2c1ccn2[S+](C)[O-]. The summed E-state index contributed by atoms with van der Waals surface area (Å²) in [5.41, 5.74) is 3.83. The summed E-state index contributed by atoms with van der Waals surface area (Å²) in [6.07, 6.45) is 5.90. The van der Waals surface area contributed by atoms with Gasteiger partial charge in [-0.25, -0.2) is 4.98 Å². The van der Waals surface area contributed by atoms with Crippen LogP contribution in [0.1, 0.15) is 29.7 Å². The van der Waals surface area contributed by atoms with E-state index in [4.69, 9.17) is 11.6 Å². The smallest absolute Gasteiger partial charge is 0.227 e. The van der Waals surface area contributed by atoms with Gasteiger partial charge in [-0.1, -0.05) is 35.9 Å². The van der Waals surface area contributed by atoms with Gasteiger partial charge in [0.1, 0.15) is 6.26 Å². The molecule has 2 aromatic heterocycles. The Morgan fingerprint density at radius 3 is 2.93 bits per heavy atom. The summed E-state index contributed by atoms with van der Waals surface area (Å²) in [4.78, 5) is 19.3. The fourth-order valence-electron chi connectivity index (χ4n) is 3.84. The molecule has 140 valence electrons. The molecule has 5 nitrogen and oxygen atoms in total. The second kappa shape index (κ2) is 7.19. The Balaban J connectivity index is 1.65. The van der Waals surface area contributed by atoms with Gasteiger partial charge in [0.2, 0.25) is 5.91 Å². The molecular weight excluding hydrogens is 382 g/mol. The molecule has 0 radical (unpaired) electrons. The maximum Gasteiger partial charge on any atom is 0.227 e. The summed E-state index contributed by atoms with van der Waals surface area (Å²) in [6.45, 7) is 2.76. The van der Waals surface area contributed by atoms with Crippen LogP contribution in [0.4, 0.5) is 0 Å². The molecule has 1 aliphatic rings. The van der Waals surface area contributed by atoms with Gasteiger partial charge in [0.05, 0.1) is 35.0 Å². The molecule has 0 saturated heterocycles. The number of hydrogen-bond acceptors (Lipinski definition) is 3. The molecule has 3 heterocycles. The molecule has 1 aliphatic heterocycles. The molecule has 27 heavy (non-hydrogen) atoms. The number of pyridine rings is 1. The van der Waals surface area contributed by atoms with Crippen LogP contribution < -0.4 is 0 Å². The molecule has 0 saturated carbocycles. The number of nitrogens with zero attached hydrogens (tertiary/aromatic N) is 3. The molecule has 1 amide bonds. The molecule has 0 spiro atoms. The van der Waals surface area contributed by atoms with Crippen molar-refractivity contribution in [3.63, 3.8) is 0 Å². The van der Waals surface area contributed by atoms with E-state index < -0.39 is 11.4 Å². The van der Waals surface area contributed by atoms with Crippen LogP contribution in [0.5, 0.6) is 0 Å². The molecule has 0 aliphatic carbocycles. The minimum Gasteiger partial charge on any atom is -0.593 e. The molecular formula is C20H20ClN3O2S. The average Bonchev–Trinajstić information content (AvgIpc) is 3.09. The molecule has 2 atom stereocenters. The van der Waals surface area contributed by atoms with E-state index in [1.54, 1.807) is 16.4 Å². The van der Waals surface area contributed by atoms with Gasteiger partial charge in [-0.2, -0.15) is 3.97 Å². The van der Waals surface area contributed by atoms with Crippen molar-refractivity contribution in [2.45, 2.75) is 25.8 Å². The highest BCUT2D eigenvalue weighted by Crippen LogP contribution is 2.31. The molecule has 0 bridgehead atoms. The fraction of sp³-hybridized carbons (Fsp3) is 0.300. The average molecular weight is 402 g/mol. The molecule has 7 heteroatoms. The van der Waals surface area contributed by atoms with Crippen LogP contribution in [-0.2, 0) is 29.0 Å². The van der Waals surface area contributed by atoms with Crippen molar-refractivity contribution in [2.24, 2.45) is 0 Å². The Morgan fingerprint density at radius 2 is 2.15 bits per heavy atom. The first-order valence-corrected chi connectivity index (χ1v) is 10.7. The van der Waals surface area contributed by atoms with Crippen LogP contribution >= 0.6 is 11.6 Å². The number of benzene rings is 1. The number of carbonyl (C=O) groups excluding carboxylic acids is 1. The molecule has 4 rings (SSSR count). The van der Waals surface area contributed by atoms with Gasteiger partial charge in [0, 0.05) is 18.1 Å². The second-order valence-electron chi connectivity index (χ2n) is 6.78. The number of rotatable bonds is 3. The van der Waals surface area contributed by atoms with Gasteiger partial charge in [-0.15, -0.1) is 0 Å². The standard InChI is InChI=1S/C20H20ClN3O2S/c1-13-15-6-4-3-5-14(15)7-9-23(13)19(25)11-17-16-8-10-24(27(2)26)20(16)22-12-18(17)21/h3-6,8,10,12-13H,7,9,11H2,1-2H3. The van der Waals surface area contributed by atoms with Crippen LogP contribution in [-0.4, -0.2) is 37.1 Å².